The number of unbranched alkanes of at least 4 members (excludes halogenated alkanes) is 10. The molecule has 2 unspecified atom stereocenters. The van der Waals surface area contributed by atoms with E-state index in [4.69, 9.17) is 14.2 Å². The molecule has 4 nitrogen and oxygen atoms in total. The van der Waals surface area contributed by atoms with Crippen LogP contribution in [0.2, 0.25) is 0 Å². The molecule has 4 heteroatoms. The first-order valence-electron chi connectivity index (χ1n) is 17.8. The van der Waals surface area contributed by atoms with E-state index < -0.39 is 0 Å². The largest absolute Gasteiger partial charge is 0.490 e. The van der Waals surface area contributed by atoms with Crippen LogP contribution >= 0.6 is 0 Å². The summed E-state index contributed by atoms with van der Waals surface area (Å²) in [7, 11) is 0. The van der Waals surface area contributed by atoms with E-state index in [-0.39, 0.29) is 18.2 Å². The fraction of sp³-hybridized carbons (Fsp3) is 0.537. The third-order valence-electron chi connectivity index (χ3n) is 8.53. The molecule has 0 fully saturated rings. The molecule has 0 aliphatic heterocycles. The molecular formula is C41H58O4. The molecule has 0 spiro atoms. The summed E-state index contributed by atoms with van der Waals surface area (Å²) in [6, 6.07) is 23.5. The Morgan fingerprint density at radius 2 is 1.11 bits per heavy atom. The minimum Gasteiger partial charge on any atom is -0.490 e. The van der Waals surface area contributed by atoms with Crippen LogP contribution < -0.4 is 9.47 Å². The smallest absolute Gasteiger partial charge is 0.343 e. The van der Waals surface area contributed by atoms with Crippen molar-refractivity contribution in [2.75, 3.05) is 6.61 Å². The summed E-state index contributed by atoms with van der Waals surface area (Å²) in [6.07, 6.45) is 19.2. The normalized spacial score (nSPS) is 12.5. The van der Waals surface area contributed by atoms with Crippen molar-refractivity contribution in [3.63, 3.8) is 0 Å². The first kappa shape index (κ1) is 36.4. The first-order valence-corrected chi connectivity index (χ1v) is 17.8. The van der Waals surface area contributed by atoms with Crippen molar-refractivity contribution < 1.29 is 19.0 Å². The van der Waals surface area contributed by atoms with E-state index in [0.717, 1.165) is 55.6 Å². The van der Waals surface area contributed by atoms with Crippen molar-refractivity contribution >= 4 is 5.97 Å². The SMILES string of the molecule is CCCCCCCCCCCCOC(C)c1ccc(-c2ccc(C(=O)Oc3ccc(OC(CCC)CCCC)cc3)cc2)cc1. The van der Waals surface area contributed by atoms with Gasteiger partial charge in [0, 0.05) is 6.61 Å². The predicted octanol–water partition coefficient (Wildman–Crippen LogP) is 12.3. The van der Waals surface area contributed by atoms with Crippen LogP contribution in [0.5, 0.6) is 11.5 Å². The summed E-state index contributed by atoms with van der Waals surface area (Å²) >= 11 is 0. The molecule has 45 heavy (non-hydrogen) atoms. The number of carbonyl (C=O) groups is 1. The van der Waals surface area contributed by atoms with E-state index in [1.807, 2.05) is 36.4 Å². The highest BCUT2D eigenvalue weighted by atomic mass is 16.5. The summed E-state index contributed by atoms with van der Waals surface area (Å²) in [5.74, 6) is 0.956. The number of benzene rings is 3. The van der Waals surface area contributed by atoms with Crippen LogP contribution in [0.15, 0.2) is 72.8 Å². The van der Waals surface area contributed by atoms with E-state index in [9.17, 15) is 4.79 Å². The number of esters is 1. The molecule has 0 amide bonds. The monoisotopic (exact) mass is 614 g/mol. The number of carbonyl (C=O) groups excluding carboxylic acids is 1. The molecule has 0 aromatic heterocycles. The van der Waals surface area contributed by atoms with Crippen molar-refractivity contribution in [1.29, 1.82) is 0 Å². The van der Waals surface area contributed by atoms with Gasteiger partial charge in [-0.3, -0.25) is 0 Å². The molecule has 0 aliphatic carbocycles. The zero-order chi connectivity index (χ0) is 32.1. The second-order valence-electron chi connectivity index (χ2n) is 12.4. The molecule has 2 atom stereocenters. The zero-order valence-corrected chi connectivity index (χ0v) is 28.5. The molecular weight excluding hydrogens is 556 g/mol. The summed E-state index contributed by atoms with van der Waals surface area (Å²) < 4.78 is 17.9. The van der Waals surface area contributed by atoms with E-state index >= 15 is 0 Å². The molecule has 3 aromatic rings. The van der Waals surface area contributed by atoms with E-state index in [1.54, 1.807) is 12.1 Å². The summed E-state index contributed by atoms with van der Waals surface area (Å²) in [5, 5.41) is 0. The van der Waals surface area contributed by atoms with Crippen LogP contribution in [0.1, 0.15) is 146 Å². The van der Waals surface area contributed by atoms with Crippen molar-refractivity contribution in [3.05, 3.63) is 83.9 Å². The highest BCUT2D eigenvalue weighted by molar-refractivity contribution is 5.91. The van der Waals surface area contributed by atoms with Crippen LogP contribution in [-0.2, 0) is 4.74 Å². The van der Waals surface area contributed by atoms with Gasteiger partial charge in [-0.15, -0.1) is 0 Å². The maximum Gasteiger partial charge on any atom is 0.343 e. The van der Waals surface area contributed by atoms with Crippen molar-refractivity contribution in [3.8, 4) is 22.6 Å². The predicted molar refractivity (Wildman–Crippen MR) is 188 cm³/mol. The summed E-state index contributed by atoms with van der Waals surface area (Å²) in [4.78, 5) is 12.8. The Labute approximate surface area is 273 Å². The fourth-order valence-electron chi connectivity index (χ4n) is 5.65. The van der Waals surface area contributed by atoms with Gasteiger partial charge in [-0.05, 0) is 79.3 Å². The van der Waals surface area contributed by atoms with Crippen LogP contribution in [-0.4, -0.2) is 18.7 Å². The van der Waals surface area contributed by atoms with Gasteiger partial charge in [-0.25, -0.2) is 4.79 Å². The topological polar surface area (TPSA) is 44.8 Å². The summed E-state index contributed by atoms with van der Waals surface area (Å²) in [5.41, 5.74) is 3.87. The van der Waals surface area contributed by atoms with Gasteiger partial charge in [0.2, 0.25) is 0 Å². The molecule has 0 heterocycles. The van der Waals surface area contributed by atoms with Crippen LogP contribution in [0, 0.1) is 0 Å². The van der Waals surface area contributed by atoms with Gasteiger partial charge < -0.3 is 14.2 Å². The molecule has 3 aromatic carbocycles. The van der Waals surface area contributed by atoms with E-state index in [2.05, 4.69) is 52.0 Å². The highest BCUT2D eigenvalue weighted by Gasteiger charge is 2.12. The molecule has 0 radical (unpaired) electrons. The Balaban J connectivity index is 1.39. The van der Waals surface area contributed by atoms with E-state index in [0.29, 0.717) is 11.3 Å². The van der Waals surface area contributed by atoms with Gasteiger partial charge in [-0.2, -0.15) is 0 Å². The van der Waals surface area contributed by atoms with Gasteiger partial charge in [-0.1, -0.05) is 134 Å². The third-order valence-corrected chi connectivity index (χ3v) is 8.53. The lowest BCUT2D eigenvalue weighted by Crippen LogP contribution is -2.16. The lowest BCUT2D eigenvalue weighted by Gasteiger charge is -2.18. The lowest BCUT2D eigenvalue weighted by molar-refractivity contribution is 0.0627. The van der Waals surface area contributed by atoms with Gasteiger partial charge in [0.05, 0.1) is 17.8 Å². The Morgan fingerprint density at radius 1 is 0.578 bits per heavy atom. The molecule has 0 bridgehead atoms. The molecule has 246 valence electrons. The Hall–Kier alpha value is -3.11. The Morgan fingerprint density at radius 3 is 1.69 bits per heavy atom. The average Bonchev–Trinajstić information content (AvgIpc) is 3.07. The van der Waals surface area contributed by atoms with Gasteiger partial charge in [0.1, 0.15) is 11.5 Å². The number of hydrogen-bond donors (Lipinski definition) is 0. The number of ether oxygens (including phenoxy) is 3. The third kappa shape index (κ3) is 13.8. The number of hydrogen-bond acceptors (Lipinski definition) is 4. The molecule has 3 rings (SSSR count). The van der Waals surface area contributed by atoms with Crippen molar-refractivity contribution in [2.45, 2.75) is 136 Å². The Bertz CT molecular complexity index is 1180. The van der Waals surface area contributed by atoms with Gasteiger partial charge in [0.15, 0.2) is 0 Å². The molecule has 0 saturated heterocycles. The van der Waals surface area contributed by atoms with Gasteiger partial charge in [0.25, 0.3) is 0 Å². The molecule has 0 N–H and O–H groups in total. The molecule has 0 saturated carbocycles. The van der Waals surface area contributed by atoms with Crippen LogP contribution in [0.4, 0.5) is 0 Å². The highest BCUT2D eigenvalue weighted by Crippen LogP contribution is 2.26. The fourth-order valence-corrected chi connectivity index (χ4v) is 5.65. The quantitative estimate of drug-likeness (QED) is 0.0605. The minimum absolute atomic E-state index is 0.0780. The zero-order valence-electron chi connectivity index (χ0n) is 28.5. The minimum atomic E-state index is -0.370. The van der Waals surface area contributed by atoms with Crippen molar-refractivity contribution in [2.24, 2.45) is 0 Å². The van der Waals surface area contributed by atoms with E-state index in [1.165, 1.54) is 69.8 Å². The maximum absolute atomic E-state index is 12.8. The Kier molecular flexibility index (Phi) is 17.4. The second kappa shape index (κ2) is 21.6. The van der Waals surface area contributed by atoms with Gasteiger partial charge >= 0.3 is 5.97 Å². The van der Waals surface area contributed by atoms with Crippen LogP contribution in [0.25, 0.3) is 11.1 Å². The number of rotatable bonds is 23. The lowest BCUT2D eigenvalue weighted by atomic mass is 10.0. The maximum atomic E-state index is 12.8. The van der Waals surface area contributed by atoms with Crippen molar-refractivity contribution in [1.82, 2.24) is 0 Å². The first-order chi connectivity index (χ1) is 22.0. The molecule has 0 aliphatic rings. The standard InChI is InChI=1S/C41H58O4/c1-5-8-10-11-12-13-14-15-16-17-32-43-33(4)34-20-22-35(23-21-34)36-24-26-37(27-25-36)41(42)45-40-30-28-39(29-31-40)44-38(18-7-3)19-9-6-2/h20-31,33,38H,5-19,32H2,1-4H3. The second-order valence-corrected chi connectivity index (χ2v) is 12.4. The summed E-state index contributed by atoms with van der Waals surface area (Å²) in [6.45, 7) is 9.60. The average molecular weight is 615 g/mol. The van der Waals surface area contributed by atoms with Crippen LogP contribution in [0.3, 0.4) is 0 Å².